The van der Waals surface area contributed by atoms with Gasteiger partial charge in [0.2, 0.25) is 0 Å². The molecule has 1 aromatic carbocycles. The van der Waals surface area contributed by atoms with Crippen LogP contribution < -0.4 is 5.32 Å². The fraction of sp³-hybridized carbons (Fsp3) is 0.364. The summed E-state index contributed by atoms with van der Waals surface area (Å²) in [6.07, 6.45) is 2.48. The summed E-state index contributed by atoms with van der Waals surface area (Å²) in [5, 5.41) is 11.6. The van der Waals surface area contributed by atoms with Crippen LogP contribution in [0.5, 0.6) is 0 Å². The normalized spacial score (nSPS) is 15.3. The number of nitrogens with zero attached hydrogens (tertiary/aromatic N) is 5. The van der Waals surface area contributed by atoms with Crippen LogP contribution >= 0.6 is 0 Å². The van der Waals surface area contributed by atoms with E-state index in [4.69, 9.17) is 0 Å². The van der Waals surface area contributed by atoms with Crippen LogP contribution in [0.4, 0.5) is 0 Å². The van der Waals surface area contributed by atoms with Gasteiger partial charge in [0.1, 0.15) is 11.5 Å². The Kier molecular flexibility index (Phi) is 5.95. The molecule has 1 aliphatic heterocycles. The van der Waals surface area contributed by atoms with Crippen molar-refractivity contribution in [1.29, 1.82) is 0 Å². The fourth-order valence-electron chi connectivity index (χ4n) is 3.76. The summed E-state index contributed by atoms with van der Waals surface area (Å²) in [7, 11) is 0. The Morgan fingerprint density at radius 3 is 2.69 bits per heavy atom. The van der Waals surface area contributed by atoms with Crippen LogP contribution in [0.1, 0.15) is 40.5 Å². The van der Waals surface area contributed by atoms with Gasteiger partial charge in [-0.15, -0.1) is 10.2 Å². The molecule has 1 aliphatic rings. The van der Waals surface area contributed by atoms with E-state index in [1.165, 1.54) is 5.56 Å². The second kappa shape index (κ2) is 8.96. The molecule has 29 heavy (non-hydrogen) atoms. The average Bonchev–Trinajstić information content (AvgIpc) is 3.05. The zero-order valence-electron chi connectivity index (χ0n) is 16.7. The molecule has 1 amide bonds. The Labute approximate surface area is 170 Å². The third-order valence-corrected chi connectivity index (χ3v) is 5.40. The summed E-state index contributed by atoms with van der Waals surface area (Å²) in [5.74, 6) is 2.07. The third-order valence-electron chi connectivity index (χ3n) is 5.40. The number of pyridine rings is 1. The zero-order chi connectivity index (χ0) is 20.1. The van der Waals surface area contributed by atoms with E-state index in [0.717, 1.165) is 44.2 Å². The van der Waals surface area contributed by atoms with Crippen LogP contribution in [0.3, 0.4) is 0 Å². The SMILES string of the molecule is C[C@@H](CN1CCc2nnc(CNC(=O)c3ccccn3)n2CC1)c1ccccc1. The first-order valence-corrected chi connectivity index (χ1v) is 10.1. The summed E-state index contributed by atoms with van der Waals surface area (Å²) in [6, 6.07) is 15.9. The quantitative estimate of drug-likeness (QED) is 0.699. The number of rotatable bonds is 6. The number of benzene rings is 1. The van der Waals surface area contributed by atoms with Gasteiger partial charge < -0.3 is 14.8 Å². The minimum atomic E-state index is -0.199. The first kappa shape index (κ1) is 19.3. The Morgan fingerprint density at radius 1 is 1.07 bits per heavy atom. The largest absolute Gasteiger partial charge is 0.343 e. The van der Waals surface area contributed by atoms with Gasteiger partial charge in [-0.25, -0.2) is 0 Å². The number of carbonyl (C=O) groups is 1. The third kappa shape index (κ3) is 4.68. The van der Waals surface area contributed by atoms with Crippen molar-refractivity contribution in [3.05, 3.63) is 77.6 Å². The van der Waals surface area contributed by atoms with Gasteiger partial charge in [0, 0.05) is 38.8 Å². The molecule has 0 saturated carbocycles. The van der Waals surface area contributed by atoms with Gasteiger partial charge in [0.05, 0.1) is 6.54 Å². The van der Waals surface area contributed by atoms with Crippen molar-refractivity contribution in [2.24, 2.45) is 0 Å². The molecule has 0 radical (unpaired) electrons. The van der Waals surface area contributed by atoms with Crippen LogP contribution in [0, 0.1) is 0 Å². The standard InChI is InChI=1S/C22H26N6O/c1-17(18-7-3-2-4-8-18)16-27-12-10-20-25-26-21(28(20)14-13-27)15-24-22(29)19-9-5-6-11-23-19/h2-9,11,17H,10,12-16H2,1H3,(H,24,29)/t17-/m0/s1. The highest BCUT2D eigenvalue weighted by Gasteiger charge is 2.20. The van der Waals surface area contributed by atoms with E-state index >= 15 is 0 Å². The van der Waals surface area contributed by atoms with Crippen molar-refractivity contribution >= 4 is 5.91 Å². The van der Waals surface area contributed by atoms with Crippen LogP contribution in [0.2, 0.25) is 0 Å². The summed E-state index contributed by atoms with van der Waals surface area (Å²) in [6.45, 7) is 6.40. The second-order valence-corrected chi connectivity index (χ2v) is 7.44. The van der Waals surface area contributed by atoms with Crippen LogP contribution in [0.15, 0.2) is 54.7 Å². The number of aromatic nitrogens is 4. The molecule has 3 aromatic rings. The topological polar surface area (TPSA) is 75.9 Å². The van der Waals surface area contributed by atoms with E-state index in [1.54, 1.807) is 24.4 Å². The molecular formula is C22H26N6O. The highest BCUT2D eigenvalue weighted by atomic mass is 16.1. The molecule has 1 atom stereocenters. The Hall–Kier alpha value is -3.06. The van der Waals surface area contributed by atoms with Crippen molar-refractivity contribution in [3.8, 4) is 0 Å². The average molecular weight is 390 g/mol. The van der Waals surface area contributed by atoms with Crippen molar-refractivity contribution in [2.75, 3.05) is 19.6 Å². The predicted octanol–water partition coefficient (Wildman–Crippen LogP) is 2.26. The summed E-state index contributed by atoms with van der Waals surface area (Å²) in [5.41, 5.74) is 1.78. The Bertz CT molecular complexity index is 940. The van der Waals surface area contributed by atoms with Crippen LogP contribution in [-0.2, 0) is 19.5 Å². The fourth-order valence-corrected chi connectivity index (χ4v) is 3.76. The zero-order valence-corrected chi connectivity index (χ0v) is 16.7. The predicted molar refractivity (Wildman–Crippen MR) is 110 cm³/mol. The van der Waals surface area contributed by atoms with E-state index in [0.29, 0.717) is 18.2 Å². The molecule has 4 rings (SSSR count). The van der Waals surface area contributed by atoms with E-state index in [1.807, 2.05) is 0 Å². The minimum absolute atomic E-state index is 0.199. The molecule has 0 saturated heterocycles. The molecule has 0 aliphatic carbocycles. The van der Waals surface area contributed by atoms with E-state index < -0.39 is 0 Å². The van der Waals surface area contributed by atoms with Crippen molar-refractivity contribution in [1.82, 2.24) is 30.0 Å². The highest BCUT2D eigenvalue weighted by Crippen LogP contribution is 2.18. The minimum Gasteiger partial charge on any atom is -0.343 e. The lowest BCUT2D eigenvalue weighted by atomic mass is 10.0. The number of fused-ring (bicyclic) bond motifs is 1. The van der Waals surface area contributed by atoms with Crippen LogP contribution in [-0.4, -0.2) is 50.2 Å². The molecule has 7 nitrogen and oxygen atoms in total. The van der Waals surface area contributed by atoms with E-state index in [-0.39, 0.29) is 5.91 Å². The number of hydrogen-bond donors (Lipinski definition) is 1. The number of carbonyl (C=O) groups excluding carboxylic acids is 1. The lowest BCUT2D eigenvalue weighted by Crippen LogP contribution is -2.31. The Balaban J connectivity index is 1.35. The first-order valence-electron chi connectivity index (χ1n) is 10.1. The van der Waals surface area contributed by atoms with Gasteiger partial charge in [0.15, 0.2) is 5.82 Å². The molecule has 0 spiro atoms. The molecule has 3 heterocycles. The lowest BCUT2D eigenvalue weighted by molar-refractivity contribution is 0.0944. The maximum atomic E-state index is 12.2. The van der Waals surface area contributed by atoms with Gasteiger partial charge in [0.25, 0.3) is 5.91 Å². The van der Waals surface area contributed by atoms with Gasteiger partial charge in [-0.1, -0.05) is 43.3 Å². The second-order valence-electron chi connectivity index (χ2n) is 7.44. The highest BCUT2D eigenvalue weighted by molar-refractivity contribution is 5.92. The van der Waals surface area contributed by atoms with Gasteiger partial charge in [-0.3, -0.25) is 9.78 Å². The van der Waals surface area contributed by atoms with E-state index in [2.05, 4.69) is 67.2 Å². The molecule has 1 N–H and O–H groups in total. The lowest BCUT2D eigenvalue weighted by Gasteiger charge is -2.24. The smallest absolute Gasteiger partial charge is 0.270 e. The summed E-state index contributed by atoms with van der Waals surface area (Å²) < 4.78 is 2.14. The van der Waals surface area contributed by atoms with Crippen molar-refractivity contribution in [2.45, 2.75) is 32.4 Å². The maximum absolute atomic E-state index is 12.2. The van der Waals surface area contributed by atoms with Gasteiger partial charge >= 0.3 is 0 Å². The molecule has 7 heteroatoms. The van der Waals surface area contributed by atoms with Gasteiger partial charge in [-0.05, 0) is 23.6 Å². The molecular weight excluding hydrogens is 364 g/mol. The molecule has 2 aromatic heterocycles. The Morgan fingerprint density at radius 2 is 1.90 bits per heavy atom. The molecule has 0 bridgehead atoms. The molecule has 150 valence electrons. The van der Waals surface area contributed by atoms with Gasteiger partial charge in [-0.2, -0.15) is 0 Å². The first-order chi connectivity index (χ1) is 14.2. The van der Waals surface area contributed by atoms with Crippen molar-refractivity contribution in [3.63, 3.8) is 0 Å². The number of amides is 1. The number of hydrogen-bond acceptors (Lipinski definition) is 5. The van der Waals surface area contributed by atoms with E-state index in [9.17, 15) is 4.79 Å². The summed E-state index contributed by atoms with van der Waals surface area (Å²) >= 11 is 0. The van der Waals surface area contributed by atoms with Crippen LogP contribution in [0.25, 0.3) is 0 Å². The number of nitrogens with one attached hydrogen (secondary N) is 1. The monoisotopic (exact) mass is 390 g/mol. The maximum Gasteiger partial charge on any atom is 0.270 e. The summed E-state index contributed by atoms with van der Waals surface area (Å²) in [4.78, 5) is 18.8. The molecule has 0 fully saturated rings. The molecule has 0 unspecified atom stereocenters. The van der Waals surface area contributed by atoms with Crippen molar-refractivity contribution < 1.29 is 4.79 Å².